The number of rotatable bonds is 8. The highest BCUT2D eigenvalue weighted by molar-refractivity contribution is 8.40. The number of fused-ring (bicyclic) bond motifs is 1. The molecule has 1 aliphatic heterocycles. The summed E-state index contributed by atoms with van der Waals surface area (Å²) in [5.41, 5.74) is -1.29. The number of pyridine rings is 1. The van der Waals surface area contributed by atoms with Gasteiger partial charge in [0.25, 0.3) is 5.56 Å². The first kappa shape index (κ1) is 32.5. The predicted molar refractivity (Wildman–Crippen MR) is 171 cm³/mol. The molecule has 12 nitrogen and oxygen atoms in total. The van der Waals surface area contributed by atoms with E-state index in [0.717, 1.165) is 12.1 Å². The average molecular weight is 654 g/mol. The summed E-state index contributed by atoms with van der Waals surface area (Å²) in [5, 5.41) is 11.2. The number of aromatic nitrogens is 5. The summed E-state index contributed by atoms with van der Waals surface area (Å²) >= 11 is 0. The third-order valence-corrected chi connectivity index (χ3v) is 10.9. The smallest absolute Gasteiger partial charge is 0.413 e. The molecule has 1 atom stereocenters. The number of carbonyl (C=O) groups is 1. The van der Waals surface area contributed by atoms with Crippen molar-refractivity contribution in [3.63, 3.8) is 0 Å². The highest BCUT2D eigenvalue weighted by Crippen LogP contribution is 2.74. The lowest BCUT2D eigenvalue weighted by molar-refractivity contribution is 0.0635. The molecular weight excluding hydrogens is 620 g/mol. The first-order valence-electron chi connectivity index (χ1n) is 14.0. The van der Waals surface area contributed by atoms with Crippen LogP contribution < -0.4 is 21.3 Å². The largest absolute Gasteiger partial charge is 0.480 e. The second-order valence-electron chi connectivity index (χ2n) is 11.8. The van der Waals surface area contributed by atoms with Crippen LogP contribution in [-0.4, -0.2) is 68.8 Å². The van der Waals surface area contributed by atoms with Gasteiger partial charge >= 0.3 is 11.8 Å². The van der Waals surface area contributed by atoms with Crippen LogP contribution in [0.5, 0.6) is 5.88 Å². The van der Waals surface area contributed by atoms with E-state index in [1.165, 1.54) is 19.4 Å². The second kappa shape index (κ2) is 12.5. The van der Waals surface area contributed by atoms with E-state index in [9.17, 15) is 14.4 Å². The van der Waals surface area contributed by atoms with Crippen LogP contribution in [0.4, 0.5) is 19.4 Å². The Morgan fingerprint density at radius 1 is 1.02 bits per heavy atom. The number of halogens is 2. The van der Waals surface area contributed by atoms with Crippen LogP contribution in [0.1, 0.15) is 43.2 Å². The van der Waals surface area contributed by atoms with Crippen LogP contribution in [-0.2, 0) is 10.5 Å². The van der Waals surface area contributed by atoms with E-state index in [1.54, 1.807) is 59.1 Å². The number of nitrogens with zero attached hydrogens (tertiary/aromatic N) is 4. The molecule has 46 heavy (non-hydrogen) atoms. The van der Waals surface area contributed by atoms with E-state index < -0.39 is 44.6 Å². The molecule has 3 aromatic heterocycles. The van der Waals surface area contributed by atoms with Crippen molar-refractivity contribution in [2.45, 2.75) is 37.2 Å². The predicted octanol–water partition coefficient (Wildman–Crippen LogP) is 4.70. The molecule has 4 aromatic rings. The molecule has 0 radical (unpaired) electrons. The van der Waals surface area contributed by atoms with Gasteiger partial charge in [-0.3, -0.25) is 15.1 Å². The first-order valence-corrected chi connectivity index (χ1v) is 16.0. The normalized spacial score (nSPS) is 17.4. The van der Waals surface area contributed by atoms with Crippen molar-refractivity contribution >= 4 is 32.4 Å². The van der Waals surface area contributed by atoms with Crippen LogP contribution in [0, 0.1) is 11.6 Å². The van der Waals surface area contributed by atoms with Crippen molar-refractivity contribution in [3.05, 3.63) is 104 Å². The van der Waals surface area contributed by atoms with Crippen molar-refractivity contribution in [1.29, 1.82) is 0 Å². The molecule has 5 rings (SSSR count). The number of carbonyl (C=O) groups excluding carboxylic acids is 1. The number of aromatic amines is 2. The number of anilines is 1. The lowest BCUT2D eigenvalue weighted by Crippen LogP contribution is -2.29. The van der Waals surface area contributed by atoms with Crippen LogP contribution in [0.15, 0.2) is 63.3 Å². The van der Waals surface area contributed by atoms with E-state index >= 15 is 8.78 Å². The monoisotopic (exact) mass is 653 g/mol. The van der Waals surface area contributed by atoms with Crippen LogP contribution in [0.2, 0.25) is 0 Å². The number of ether oxygens (including phenoxy) is 2. The fraction of sp³-hybridized carbons (Fsp3) is 0.290. The van der Waals surface area contributed by atoms with Gasteiger partial charge in [0, 0.05) is 45.5 Å². The quantitative estimate of drug-likeness (QED) is 0.230. The molecule has 242 valence electrons. The minimum Gasteiger partial charge on any atom is -0.480 e. The van der Waals surface area contributed by atoms with Gasteiger partial charge in [0.2, 0.25) is 5.88 Å². The molecule has 0 bridgehead atoms. The summed E-state index contributed by atoms with van der Waals surface area (Å²) in [6.45, 7) is 5.19. The minimum atomic E-state index is -2.73. The molecule has 4 heterocycles. The van der Waals surface area contributed by atoms with Gasteiger partial charge in [-0.15, -0.1) is 10.2 Å². The molecule has 3 N–H and O–H groups in total. The molecular formula is C31H33F2N7O5S. The van der Waals surface area contributed by atoms with Gasteiger partial charge in [-0.25, -0.2) is 23.4 Å². The Labute approximate surface area is 264 Å². The van der Waals surface area contributed by atoms with Crippen LogP contribution >= 0.6 is 10.0 Å². The van der Waals surface area contributed by atoms with Crippen LogP contribution in [0.3, 0.4) is 0 Å². The third-order valence-electron chi connectivity index (χ3n) is 6.86. The van der Waals surface area contributed by atoms with Gasteiger partial charge in [-0.1, -0.05) is 6.07 Å². The molecule has 0 saturated carbocycles. The third kappa shape index (κ3) is 6.41. The minimum absolute atomic E-state index is 0.0959. The number of H-pyrrole nitrogens is 2. The Morgan fingerprint density at radius 2 is 1.74 bits per heavy atom. The molecule has 1 amide bonds. The zero-order valence-corrected chi connectivity index (χ0v) is 26.8. The number of hydrogen-bond donors (Lipinski definition) is 3. The van der Waals surface area contributed by atoms with Gasteiger partial charge in [0.05, 0.1) is 23.4 Å². The van der Waals surface area contributed by atoms with E-state index in [-0.39, 0.29) is 45.2 Å². The number of nitrogens with one attached hydrogen (secondary N) is 3. The summed E-state index contributed by atoms with van der Waals surface area (Å²) in [6.07, 6.45) is 0.771. The molecule has 0 fully saturated rings. The molecule has 1 aliphatic rings. The summed E-state index contributed by atoms with van der Waals surface area (Å²) in [4.78, 5) is 50.8. The van der Waals surface area contributed by atoms with Gasteiger partial charge < -0.3 is 19.4 Å². The van der Waals surface area contributed by atoms with Crippen molar-refractivity contribution in [3.8, 4) is 5.88 Å². The average Bonchev–Trinajstić information content (AvgIpc) is 3.24. The lowest BCUT2D eigenvalue weighted by Gasteiger charge is -2.41. The zero-order valence-electron chi connectivity index (χ0n) is 26.0. The molecule has 0 spiro atoms. The van der Waals surface area contributed by atoms with Gasteiger partial charge in [-0.05, 0) is 65.2 Å². The number of amides is 1. The molecule has 1 aromatic carbocycles. The maximum absolute atomic E-state index is 15.4. The standard InChI is InChI=1S/C31H33F2N7O5S/c1-31(2,3)45-30(43)35-22-12-10-17(14-34-22)26-24(21-11-13-23(44-6)39-38-21)25-27(41)36-29(42)37-28(25)46(26,16-40(4)5)15-18-19(32)8-7-9-20(18)33/h7-14H,15-16H2,1-6H3,(H,34,35,43)(H2,36,37,41,42). The Balaban J connectivity index is 1.82. The van der Waals surface area contributed by atoms with Gasteiger partial charge in [-0.2, -0.15) is 10.0 Å². The van der Waals surface area contributed by atoms with Crippen molar-refractivity contribution in [2.75, 3.05) is 32.4 Å². The number of benzene rings is 1. The Bertz CT molecular complexity index is 1920. The van der Waals surface area contributed by atoms with Crippen LogP contribution in [0.25, 0.3) is 10.5 Å². The highest BCUT2D eigenvalue weighted by Gasteiger charge is 2.46. The number of methoxy groups -OCH3 is 1. The summed E-state index contributed by atoms with van der Waals surface area (Å²) in [7, 11) is 2.27. The fourth-order valence-corrected chi connectivity index (χ4v) is 9.80. The molecule has 15 heteroatoms. The molecule has 1 unspecified atom stereocenters. The molecule has 0 aliphatic carbocycles. The van der Waals surface area contributed by atoms with E-state index in [0.29, 0.717) is 16.0 Å². The maximum atomic E-state index is 15.4. The maximum Gasteiger partial charge on any atom is 0.413 e. The Kier molecular flexibility index (Phi) is 8.82. The summed E-state index contributed by atoms with van der Waals surface area (Å²) in [5.74, 6) is -1.18. The SMILES string of the molecule is COc1ccc(C2=C(c3ccc(NC(=O)OC(C)(C)C)nc3)S(Cc3c(F)cccc3F)(CN(C)C)c3[nH]c(=O)[nH]c(=O)c32)nn1. The number of hydrogen-bond acceptors (Lipinski definition) is 9. The second-order valence-corrected chi connectivity index (χ2v) is 14.9. The fourth-order valence-electron chi connectivity index (χ4n) is 5.26. The summed E-state index contributed by atoms with van der Waals surface area (Å²) in [6, 6.07) is 9.98. The van der Waals surface area contributed by atoms with Crippen molar-refractivity contribution < 1.29 is 23.0 Å². The van der Waals surface area contributed by atoms with E-state index in [2.05, 4.69) is 30.5 Å². The molecule has 0 saturated heterocycles. The van der Waals surface area contributed by atoms with Crippen molar-refractivity contribution in [1.82, 2.24) is 30.0 Å². The van der Waals surface area contributed by atoms with Crippen molar-refractivity contribution in [2.24, 2.45) is 0 Å². The summed E-state index contributed by atoms with van der Waals surface area (Å²) < 4.78 is 41.3. The highest BCUT2D eigenvalue weighted by atomic mass is 32.3. The van der Waals surface area contributed by atoms with E-state index in [1.807, 2.05) is 4.90 Å². The van der Waals surface area contributed by atoms with Gasteiger partial charge in [0.15, 0.2) is 0 Å². The zero-order chi connectivity index (χ0) is 33.4. The van der Waals surface area contributed by atoms with E-state index in [4.69, 9.17) is 9.47 Å². The Morgan fingerprint density at radius 3 is 2.30 bits per heavy atom. The Hall–Kier alpha value is -4.89. The lowest BCUT2D eigenvalue weighted by atomic mass is 10.0. The van der Waals surface area contributed by atoms with Gasteiger partial charge in [0.1, 0.15) is 23.1 Å². The topological polar surface area (TPSA) is 155 Å². The first-order chi connectivity index (χ1) is 21.7.